The number of anilines is 3. The van der Waals surface area contributed by atoms with Gasteiger partial charge in [0.1, 0.15) is 5.02 Å². The van der Waals surface area contributed by atoms with Crippen molar-refractivity contribution in [3.05, 3.63) is 35.5 Å². The average Bonchev–Trinajstić information content (AvgIpc) is 2.81. The van der Waals surface area contributed by atoms with Crippen molar-refractivity contribution in [2.45, 2.75) is 19.3 Å². The van der Waals surface area contributed by atoms with Gasteiger partial charge < -0.3 is 19.7 Å². The van der Waals surface area contributed by atoms with Gasteiger partial charge in [0, 0.05) is 24.5 Å². The lowest BCUT2D eigenvalue weighted by Crippen LogP contribution is -2.38. The van der Waals surface area contributed by atoms with Gasteiger partial charge in [0.05, 0.1) is 32.6 Å². The molecule has 0 saturated carbocycles. The molecule has 3 heterocycles. The number of alkyl halides is 2. The van der Waals surface area contributed by atoms with E-state index >= 15 is 0 Å². The van der Waals surface area contributed by atoms with Crippen molar-refractivity contribution < 1.29 is 18.3 Å². The first-order chi connectivity index (χ1) is 15.6. The number of aromatic nitrogens is 2. The van der Waals surface area contributed by atoms with E-state index in [0.717, 1.165) is 50.5 Å². The molecule has 174 valence electrons. The van der Waals surface area contributed by atoms with Gasteiger partial charge in [-0.25, -0.2) is 13.8 Å². The van der Waals surface area contributed by atoms with Crippen LogP contribution in [-0.4, -0.2) is 73.8 Å². The second-order valence-corrected chi connectivity index (χ2v) is 8.47. The maximum absolute atomic E-state index is 12.5. The minimum Gasteiger partial charge on any atom is -0.476 e. The van der Waals surface area contributed by atoms with Crippen molar-refractivity contribution in [3.63, 3.8) is 0 Å². The summed E-state index contributed by atoms with van der Waals surface area (Å²) in [6.45, 7) is 4.87. The van der Waals surface area contributed by atoms with Crippen LogP contribution in [0.5, 0.6) is 5.88 Å². The molecule has 1 N–H and O–H groups in total. The van der Waals surface area contributed by atoms with E-state index in [1.165, 1.54) is 6.20 Å². The summed E-state index contributed by atoms with van der Waals surface area (Å²) in [6.07, 6.45) is 0.857. The summed E-state index contributed by atoms with van der Waals surface area (Å²) >= 11 is 6.22. The van der Waals surface area contributed by atoms with Crippen molar-refractivity contribution in [2.24, 2.45) is 5.92 Å². The summed E-state index contributed by atoms with van der Waals surface area (Å²) in [5.74, 6) is 1.01. The van der Waals surface area contributed by atoms with Crippen LogP contribution in [0.1, 0.15) is 12.8 Å². The van der Waals surface area contributed by atoms with Crippen molar-refractivity contribution in [1.82, 2.24) is 14.9 Å². The Hall–Kier alpha value is -2.23. The molecule has 32 heavy (non-hydrogen) atoms. The van der Waals surface area contributed by atoms with Gasteiger partial charge in [0.25, 0.3) is 6.43 Å². The summed E-state index contributed by atoms with van der Waals surface area (Å²) in [5, 5.41) is 3.52. The molecule has 0 spiro atoms. The van der Waals surface area contributed by atoms with Crippen molar-refractivity contribution in [1.29, 1.82) is 0 Å². The molecule has 2 aromatic rings. The number of hydrogen-bond acceptors (Lipinski definition) is 7. The molecule has 4 rings (SSSR count). The quantitative estimate of drug-likeness (QED) is 0.628. The molecular weight excluding hydrogens is 440 g/mol. The van der Waals surface area contributed by atoms with Crippen LogP contribution in [0.3, 0.4) is 0 Å². The Morgan fingerprint density at radius 3 is 2.53 bits per heavy atom. The summed E-state index contributed by atoms with van der Waals surface area (Å²) in [6, 6.07) is 8.08. The van der Waals surface area contributed by atoms with Gasteiger partial charge in [0.15, 0.2) is 0 Å². The van der Waals surface area contributed by atoms with Gasteiger partial charge in [-0.2, -0.15) is 4.98 Å². The lowest BCUT2D eigenvalue weighted by atomic mass is 9.98. The zero-order valence-electron chi connectivity index (χ0n) is 17.9. The number of hydrogen-bond donors (Lipinski definition) is 1. The number of rotatable bonds is 8. The highest BCUT2D eigenvalue weighted by molar-refractivity contribution is 6.31. The normalized spacial score (nSPS) is 18.2. The van der Waals surface area contributed by atoms with E-state index in [-0.39, 0.29) is 6.54 Å². The first kappa shape index (κ1) is 22.9. The molecule has 2 saturated heterocycles. The topological polar surface area (TPSA) is 62.8 Å². The third-order valence-electron chi connectivity index (χ3n) is 5.77. The van der Waals surface area contributed by atoms with E-state index in [2.05, 4.69) is 32.3 Å². The Bertz CT molecular complexity index is 860. The molecule has 7 nitrogen and oxygen atoms in total. The zero-order chi connectivity index (χ0) is 22.3. The molecule has 2 fully saturated rings. The second-order valence-electron chi connectivity index (χ2n) is 8.06. The van der Waals surface area contributed by atoms with Gasteiger partial charge in [-0.1, -0.05) is 11.6 Å². The summed E-state index contributed by atoms with van der Waals surface area (Å²) in [4.78, 5) is 12.7. The van der Waals surface area contributed by atoms with Gasteiger partial charge >= 0.3 is 0 Å². The zero-order valence-corrected chi connectivity index (χ0v) is 18.6. The van der Waals surface area contributed by atoms with Crippen molar-refractivity contribution >= 4 is 28.9 Å². The first-order valence-electron chi connectivity index (χ1n) is 10.9. The first-order valence-corrected chi connectivity index (χ1v) is 11.3. The second kappa shape index (κ2) is 11.1. The highest BCUT2D eigenvalue weighted by Crippen LogP contribution is 2.26. The van der Waals surface area contributed by atoms with Crippen LogP contribution in [0.25, 0.3) is 0 Å². The molecule has 0 radical (unpaired) electrons. The Balaban J connectivity index is 1.30. The number of piperidine rings is 1. The van der Waals surface area contributed by atoms with E-state index in [9.17, 15) is 8.78 Å². The third-order valence-corrected chi connectivity index (χ3v) is 6.03. The Labute approximate surface area is 191 Å². The number of halogens is 3. The third kappa shape index (κ3) is 6.40. The average molecular weight is 468 g/mol. The summed E-state index contributed by atoms with van der Waals surface area (Å²) < 4.78 is 36.3. The van der Waals surface area contributed by atoms with Crippen LogP contribution >= 0.6 is 11.6 Å². The van der Waals surface area contributed by atoms with Crippen LogP contribution in [0, 0.1) is 5.92 Å². The summed E-state index contributed by atoms with van der Waals surface area (Å²) in [5.41, 5.74) is 2.01. The number of likely N-dealkylation sites (tertiary alicyclic amines) is 1. The van der Waals surface area contributed by atoms with Gasteiger partial charge in [-0.3, -0.25) is 4.90 Å². The molecule has 0 amide bonds. The minimum absolute atomic E-state index is 0.159. The van der Waals surface area contributed by atoms with Gasteiger partial charge in [-0.15, -0.1) is 0 Å². The number of morpholine rings is 1. The molecule has 1 aromatic heterocycles. The fourth-order valence-electron chi connectivity index (χ4n) is 3.95. The lowest BCUT2D eigenvalue weighted by Gasteiger charge is -2.31. The van der Waals surface area contributed by atoms with E-state index < -0.39 is 6.43 Å². The van der Waals surface area contributed by atoms with Crippen LogP contribution < -0.4 is 15.0 Å². The monoisotopic (exact) mass is 467 g/mol. The predicted molar refractivity (Wildman–Crippen MR) is 120 cm³/mol. The minimum atomic E-state index is -2.29. The Morgan fingerprint density at radius 2 is 1.84 bits per heavy atom. The van der Waals surface area contributed by atoms with Crippen molar-refractivity contribution in [2.75, 3.05) is 62.8 Å². The molecule has 10 heteroatoms. The van der Waals surface area contributed by atoms with E-state index in [1.54, 1.807) is 4.90 Å². The molecule has 0 bridgehead atoms. The van der Waals surface area contributed by atoms with Crippen LogP contribution in [-0.2, 0) is 4.74 Å². The van der Waals surface area contributed by atoms with Gasteiger partial charge in [-0.05, 0) is 56.1 Å². The highest BCUT2D eigenvalue weighted by atomic mass is 35.5. The van der Waals surface area contributed by atoms with E-state index in [4.69, 9.17) is 21.1 Å². The standard InChI is InChI=1S/C22H28ClF2N5O2/c23-19-13-26-22(27-17-1-3-18(4-2-17)30-9-11-31-12-10-30)28-21(19)32-15-16-5-7-29(8-6-16)14-20(24)25/h1-4,13,16,20H,5-12,14-15H2,(H,26,27,28). The van der Waals surface area contributed by atoms with Crippen LogP contribution in [0.15, 0.2) is 30.5 Å². The molecule has 2 aliphatic heterocycles. The highest BCUT2D eigenvalue weighted by Gasteiger charge is 2.22. The molecule has 0 atom stereocenters. The van der Waals surface area contributed by atoms with Crippen LogP contribution in [0.2, 0.25) is 5.02 Å². The van der Waals surface area contributed by atoms with Crippen LogP contribution in [0.4, 0.5) is 26.1 Å². The Kier molecular flexibility index (Phi) is 7.94. The molecule has 2 aliphatic rings. The molecular formula is C22H28ClF2N5O2. The summed E-state index contributed by atoms with van der Waals surface area (Å²) in [7, 11) is 0. The fourth-order valence-corrected chi connectivity index (χ4v) is 4.09. The Morgan fingerprint density at radius 1 is 1.12 bits per heavy atom. The maximum Gasteiger partial charge on any atom is 0.251 e. The number of benzene rings is 1. The fraction of sp³-hybridized carbons (Fsp3) is 0.545. The SMILES string of the molecule is FC(F)CN1CCC(COc2nc(Nc3ccc(N4CCOCC4)cc3)ncc2Cl)CC1. The molecule has 1 aromatic carbocycles. The lowest BCUT2D eigenvalue weighted by molar-refractivity contribution is 0.0616. The number of nitrogens with one attached hydrogen (secondary N) is 1. The number of nitrogens with zero attached hydrogens (tertiary/aromatic N) is 4. The van der Waals surface area contributed by atoms with Crippen molar-refractivity contribution in [3.8, 4) is 5.88 Å². The smallest absolute Gasteiger partial charge is 0.251 e. The number of ether oxygens (including phenoxy) is 2. The van der Waals surface area contributed by atoms with E-state index in [1.807, 2.05) is 12.1 Å². The maximum atomic E-state index is 12.5. The predicted octanol–water partition coefficient (Wildman–Crippen LogP) is 4.07. The molecule has 0 unspecified atom stereocenters. The van der Waals surface area contributed by atoms with E-state index in [0.29, 0.717) is 42.5 Å². The largest absolute Gasteiger partial charge is 0.476 e. The van der Waals surface area contributed by atoms with Gasteiger partial charge in [0.2, 0.25) is 11.8 Å². The molecule has 0 aliphatic carbocycles.